The van der Waals surface area contributed by atoms with Crippen LogP contribution in [0, 0.1) is 0 Å². The van der Waals surface area contributed by atoms with Gasteiger partial charge in [0, 0.05) is 33.8 Å². The van der Waals surface area contributed by atoms with Crippen LogP contribution < -0.4 is 0 Å². The molecule has 0 aliphatic heterocycles. The molecule has 0 aliphatic carbocycles. The molecule has 0 radical (unpaired) electrons. The first-order valence-electron chi connectivity index (χ1n) is 5.06. The second-order valence-corrected chi connectivity index (χ2v) is 5.79. The van der Waals surface area contributed by atoms with Gasteiger partial charge in [-0.25, -0.2) is 0 Å². The number of benzene rings is 1. The highest BCUT2D eigenvalue weighted by Crippen LogP contribution is 2.05. The number of ketones is 1. The standard InChI is InChI=1S/C12H16O2S/c1-10(2)15(14)9-8-12(13)11-6-4-3-5-7-11/h3-7,10H,8-9H2,1-2H3. The molecule has 2 nitrogen and oxygen atoms in total. The van der Waals surface area contributed by atoms with Gasteiger partial charge in [-0.05, 0) is 0 Å². The van der Waals surface area contributed by atoms with Crippen LogP contribution in [0.25, 0.3) is 0 Å². The van der Waals surface area contributed by atoms with Crippen molar-refractivity contribution in [1.29, 1.82) is 0 Å². The minimum absolute atomic E-state index is 0.0737. The first kappa shape index (κ1) is 12.1. The predicted molar refractivity (Wildman–Crippen MR) is 63.5 cm³/mol. The molecule has 0 fully saturated rings. The summed E-state index contributed by atoms with van der Waals surface area (Å²) in [5, 5.41) is 0.133. The lowest BCUT2D eigenvalue weighted by atomic mass is 10.1. The van der Waals surface area contributed by atoms with E-state index >= 15 is 0 Å². The van der Waals surface area contributed by atoms with Gasteiger partial charge in [-0.3, -0.25) is 9.00 Å². The van der Waals surface area contributed by atoms with E-state index in [-0.39, 0.29) is 11.0 Å². The van der Waals surface area contributed by atoms with Gasteiger partial charge in [0.1, 0.15) is 0 Å². The fourth-order valence-corrected chi connectivity index (χ4v) is 2.06. The van der Waals surface area contributed by atoms with E-state index in [2.05, 4.69) is 0 Å². The Morgan fingerprint density at radius 1 is 1.27 bits per heavy atom. The minimum Gasteiger partial charge on any atom is -0.294 e. The van der Waals surface area contributed by atoms with Crippen LogP contribution in [-0.2, 0) is 10.8 Å². The van der Waals surface area contributed by atoms with Crippen molar-refractivity contribution < 1.29 is 9.00 Å². The SMILES string of the molecule is CC(C)S(=O)CCC(=O)c1ccccc1. The molecule has 1 aromatic carbocycles. The second-order valence-electron chi connectivity index (χ2n) is 3.67. The molecular weight excluding hydrogens is 208 g/mol. The molecule has 1 atom stereocenters. The fourth-order valence-electron chi connectivity index (χ4n) is 1.20. The average molecular weight is 224 g/mol. The number of hydrogen-bond acceptors (Lipinski definition) is 2. The monoisotopic (exact) mass is 224 g/mol. The highest BCUT2D eigenvalue weighted by Gasteiger charge is 2.09. The smallest absolute Gasteiger partial charge is 0.163 e. The zero-order valence-electron chi connectivity index (χ0n) is 9.10. The first-order valence-corrected chi connectivity index (χ1v) is 6.45. The van der Waals surface area contributed by atoms with E-state index in [9.17, 15) is 9.00 Å². The van der Waals surface area contributed by atoms with Crippen LogP contribution in [0.3, 0.4) is 0 Å². The van der Waals surface area contributed by atoms with Gasteiger partial charge in [0.15, 0.2) is 5.78 Å². The molecule has 3 heteroatoms. The molecule has 0 saturated heterocycles. The molecule has 0 amide bonds. The van der Waals surface area contributed by atoms with Gasteiger partial charge in [0.25, 0.3) is 0 Å². The van der Waals surface area contributed by atoms with E-state index in [1.807, 2.05) is 32.0 Å². The quantitative estimate of drug-likeness (QED) is 0.720. The Labute approximate surface area is 93.2 Å². The number of hydrogen-bond donors (Lipinski definition) is 0. The Hall–Kier alpha value is -0.960. The molecule has 15 heavy (non-hydrogen) atoms. The summed E-state index contributed by atoms with van der Waals surface area (Å²) in [4.78, 5) is 11.6. The van der Waals surface area contributed by atoms with Crippen molar-refractivity contribution in [2.24, 2.45) is 0 Å². The van der Waals surface area contributed by atoms with Gasteiger partial charge in [-0.1, -0.05) is 44.2 Å². The van der Waals surface area contributed by atoms with E-state index in [1.165, 1.54) is 0 Å². The Morgan fingerprint density at radius 2 is 1.87 bits per heavy atom. The van der Waals surface area contributed by atoms with E-state index < -0.39 is 10.8 Å². The van der Waals surface area contributed by atoms with Gasteiger partial charge in [-0.2, -0.15) is 0 Å². The highest BCUT2D eigenvalue weighted by molar-refractivity contribution is 7.85. The third-order valence-electron chi connectivity index (χ3n) is 2.15. The van der Waals surface area contributed by atoms with Crippen molar-refractivity contribution in [2.45, 2.75) is 25.5 Å². The lowest BCUT2D eigenvalue weighted by Crippen LogP contribution is -2.13. The van der Waals surface area contributed by atoms with Crippen LogP contribution in [0.4, 0.5) is 0 Å². The van der Waals surface area contributed by atoms with Gasteiger partial charge in [-0.15, -0.1) is 0 Å². The molecule has 1 rings (SSSR count). The minimum atomic E-state index is -0.887. The van der Waals surface area contributed by atoms with Crippen molar-refractivity contribution >= 4 is 16.6 Å². The predicted octanol–water partition coefficient (Wildman–Crippen LogP) is 2.42. The molecule has 0 N–H and O–H groups in total. The number of rotatable bonds is 5. The summed E-state index contributed by atoms with van der Waals surface area (Å²) in [5.41, 5.74) is 0.707. The van der Waals surface area contributed by atoms with Crippen LogP contribution in [0.15, 0.2) is 30.3 Å². The van der Waals surface area contributed by atoms with Gasteiger partial charge in [0.05, 0.1) is 0 Å². The van der Waals surface area contributed by atoms with E-state index in [0.29, 0.717) is 17.7 Å². The molecule has 0 heterocycles. The summed E-state index contributed by atoms with van der Waals surface area (Å²) in [6, 6.07) is 9.14. The Kier molecular flexibility index (Phi) is 4.69. The van der Waals surface area contributed by atoms with Crippen molar-refractivity contribution in [3.8, 4) is 0 Å². The van der Waals surface area contributed by atoms with Crippen LogP contribution in [0.1, 0.15) is 30.6 Å². The maximum atomic E-state index is 11.6. The molecule has 0 spiro atoms. The molecule has 0 aliphatic rings. The normalized spacial score (nSPS) is 12.7. The number of carbonyl (C=O) groups is 1. The average Bonchev–Trinajstić information content (AvgIpc) is 2.26. The van der Waals surface area contributed by atoms with E-state index in [0.717, 1.165) is 0 Å². The van der Waals surface area contributed by atoms with Crippen molar-refractivity contribution in [2.75, 3.05) is 5.75 Å². The van der Waals surface area contributed by atoms with Crippen LogP contribution in [0.5, 0.6) is 0 Å². The fraction of sp³-hybridized carbons (Fsp3) is 0.417. The molecular formula is C12H16O2S. The molecule has 0 bridgehead atoms. The molecule has 1 unspecified atom stereocenters. The Bertz CT molecular complexity index is 344. The molecule has 82 valence electrons. The largest absolute Gasteiger partial charge is 0.294 e. The van der Waals surface area contributed by atoms with Gasteiger partial charge >= 0.3 is 0 Å². The van der Waals surface area contributed by atoms with Crippen molar-refractivity contribution in [3.05, 3.63) is 35.9 Å². The maximum absolute atomic E-state index is 11.6. The third-order valence-corrected chi connectivity index (χ3v) is 3.81. The van der Waals surface area contributed by atoms with Crippen molar-refractivity contribution in [3.63, 3.8) is 0 Å². The maximum Gasteiger partial charge on any atom is 0.163 e. The molecule has 0 aromatic heterocycles. The van der Waals surface area contributed by atoms with E-state index in [1.54, 1.807) is 12.1 Å². The topological polar surface area (TPSA) is 34.1 Å². The Morgan fingerprint density at radius 3 is 2.40 bits per heavy atom. The summed E-state index contributed by atoms with van der Waals surface area (Å²) in [6.45, 7) is 3.81. The Balaban J connectivity index is 2.48. The van der Waals surface area contributed by atoms with Crippen LogP contribution in [-0.4, -0.2) is 21.0 Å². The van der Waals surface area contributed by atoms with E-state index in [4.69, 9.17) is 0 Å². The number of Topliss-reactive ketones (excluding diaryl/α,β-unsaturated/α-hetero) is 1. The van der Waals surface area contributed by atoms with Crippen LogP contribution >= 0.6 is 0 Å². The zero-order chi connectivity index (χ0) is 11.3. The summed E-state index contributed by atoms with van der Waals surface area (Å²) >= 11 is 0. The van der Waals surface area contributed by atoms with Crippen molar-refractivity contribution in [1.82, 2.24) is 0 Å². The highest BCUT2D eigenvalue weighted by atomic mass is 32.2. The van der Waals surface area contributed by atoms with Gasteiger partial charge in [0.2, 0.25) is 0 Å². The molecule has 1 aromatic rings. The first-order chi connectivity index (χ1) is 7.11. The lowest BCUT2D eigenvalue weighted by molar-refractivity contribution is 0.0989. The van der Waals surface area contributed by atoms with Gasteiger partial charge < -0.3 is 0 Å². The second kappa shape index (κ2) is 5.81. The van der Waals surface area contributed by atoms with Crippen LogP contribution in [0.2, 0.25) is 0 Å². The third kappa shape index (κ3) is 3.96. The summed E-state index contributed by atoms with van der Waals surface area (Å²) < 4.78 is 11.4. The lowest BCUT2D eigenvalue weighted by Gasteiger charge is -2.04. The zero-order valence-corrected chi connectivity index (χ0v) is 9.92. The summed E-state index contributed by atoms with van der Waals surface area (Å²) in [6.07, 6.45) is 0.370. The summed E-state index contributed by atoms with van der Waals surface area (Å²) in [7, 11) is -0.887. The summed E-state index contributed by atoms with van der Waals surface area (Å²) in [5.74, 6) is 0.537. The number of carbonyl (C=O) groups excluding carboxylic acids is 1. The molecule has 0 saturated carbocycles.